The Kier molecular flexibility index (Phi) is 3.87. The molecule has 1 rings (SSSR count). The highest BCUT2D eigenvalue weighted by Gasteiger charge is 2.31. The van der Waals surface area contributed by atoms with E-state index in [1.165, 1.54) is 24.3 Å². The number of rotatable bonds is 4. The SMILES string of the molecule is CC(C)(CN)Oc1ccc(OC(F)(F)F)cc1. The van der Waals surface area contributed by atoms with Gasteiger partial charge in [-0.3, -0.25) is 0 Å². The van der Waals surface area contributed by atoms with Crippen molar-refractivity contribution < 1.29 is 22.6 Å². The Morgan fingerprint density at radius 1 is 1.00 bits per heavy atom. The van der Waals surface area contributed by atoms with E-state index in [0.717, 1.165) is 0 Å². The molecule has 0 saturated carbocycles. The summed E-state index contributed by atoms with van der Waals surface area (Å²) in [6.07, 6.45) is -4.68. The Morgan fingerprint density at radius 3 is 1.76 bits per heavy atom. The van der Waals surface area contributed by atoms with Crippen molar-refractivity contribution in [3.8, 4) is 11.5 Å². The van der Waals surface area contributed by atoms with E-state index in [0.29, 0.717) is 12.3 Å². The van der Waals surface area contributed by atoms with Crippen molar-refractivity contribution in [3.05, 3.63) is 24.3 Å². The second-order valence-electron chi connectivity index (χ2n) is 4.09. The second-order valence-corrected chi connectivity index (χ2v) is 4.09. The summed E-state index contributed by atoms with van der Waals surface area (Å²) in [6, 6.07) is 5.18. The van der Waals surface area contributed by atoms with Crippen molar-refractivity contribution in [1.29, 1.82) is 0 Å². The minimum absolute atomic E-state index is 0.282. The Hall–Kier alpha value is -1.43. The molecule has 0 amide bonds. The lowest BCUT2D eigenvalue weighted by molar-refractivity contribution is -0.274. The molecule has 0 atom stereocenters. The molecule has 0 aliphatic rings. The van der Waals surface area contributed by atoms with Gasteiger partial charge in [0.25, 0.3) is 0 Å². The molecule has 1 aromatic carbocycles. The first-order valence-corrected chi connectivity index (χ1v) is 4.97. The molecule has 0 heterocycles. The fourth-order valence-corrected chi connectivity index (χ4v) is 1.07. The molecule has 0 saturated heterocycles. The predicted octanol–water partition coefficient (Wildman–Crippen LogP) is 2.70. The first kappa shape index (κ1) is 13.6. The maximum absolute atomic E-state index is 11.9. The first-order valence-electron chi connectivity index (χ1n) is 4.97. The normalized spacial score (nSPS) is 12.4. The van der Waals surface area contributed by atoms with Crippen LogP contribution in [0.25, 0.3) is 0 Å². The van der Waals surface area contributed by atoms with Crippen molar-refractivity contribution >= 4 is 0 Å². The van der Waals surface area contributed by atoms with Gasteiger partial charge in [-0.25, -0.2) is 0 Å². The Bertz CT molecular complexity index is 360. The van der Waals surface area contributed by atoms with Crippen LogP contribution in [0.5, 0.6) is 11.5 Å². The standard InChI is InChI=1S/C11H14F3NO2/c1-10(2,7-15)16-8-3-5-9(6-4-8)17-11(12,13)14/h3-6H,7,15H2,1-2H3. The van der Waals surface area contributed by atoms with E-state index in [9.17, 15) is 13.2 Å². The van der Waals surface area contributed by atoms with Crippen molar-refractivity contribution in [2.75, 3.05) is 6.54 Å². The molecule has 0 radical (unpaired) electrons. The van der Waals surface area contributed by atoms with Crippen LogP contribution in [0.1, 0.15) is 13.8 Å². The quantitative estimate of drug-likeness (QED) is 0.892. The average Bonchev–Trinajstić information content (AvgIpc) is 2.19. The Labute approximate surface area is 97.3 Å². The lowest BCUT2D eigenvalue weighted by Crippen LogP contribution is -2.37. The molecule has 96 valence electrons. The largest absolute Gasteiger partial charge is 0.573 e. The van der Waals surface area contributed by atoms with Crippen LogP contribution < -0.4 is 15.2 Å². The minimum Gasteiger partial charge on any atom is -0.487 e. The highest BCUT2D eigenvalue weighted by molar-refractivity contribution is 5.31. The maximum Gasteiger partial charge on any atom is 0.573 e. The Morgan fingerprint density at radius 2 is 1.41 bits per heavy atom. The summed E-state index contributed by atoms with van der Waals surface area (Å²) in [4.78, 5) is 0. The van der Waals surface area contributed by atoms with Gasteiger partial charge in [0, 0.05) is 6.54 Å². The van der Waals surface area contributed by atoms with Gasteiger partial charge in [0.1, 0.15) is 17.1 Å². The predicted molar refractivity (Wildman–Crippen MR) is 56.9 cm³/mol. The number of hydrogen-bond donors (Lipinski definition) is 1. The van der Waals surface area contributed by atoms with E-state index in [2.05, 4.69) is 4.74 Å². The maximum atomic E-state index is 11.9. The van der Waals surface area contributed by atoms with E-state index >= 15 is 0 Å². The Balaban J connectivity index is 2.69. The fraction of sp³-hybridized carbons (Fsp3) is 0.455. The minimum atomic E-state index is -4.68. The van der Waals surface area contributed by atoms with Gasteiger partial charge in [0.15, 0.2) is 0 Å². The summed E-state index contributed by atoms with van der Waals surface area (Å²) in [6.45, 7) is 3.87. The van der Waals surface area contributed by atoms with Crippen LogP contribution in [0.2, 0.25) is 0 Å². The molecule has 0 fully saturated rings. The van der Waals surface area contributed by atoms with Crippen LogP contribution in [-0.4, -0.2) is 18.5 Å². The summed E-state index contributed by atoms with van der Waals surface area (Å²) in [5, 5.41) is 0. The molecular formula is C11H14F3NO2. The molecule has 0 spiro atoms. The summed E-state index contributed by atoms with van der Waals surface area (Å²) in [5.41, 5.74) is 4.91. The first-order chi connectivity index (χ1) is 7.72. The van der Waals surface area contributed by atoms with Crippen LogP contribution in [0.4, 0.5) is 13.2 Å². The molecule has 0 aromatic heterocycles. The molecule has 2 N–H and O–H groups in total. The fourth-order valence-electron chi connectivity index (χ4n) is 1.07. The number of hydrogen-bond acceptors (Lipinski definition) is 3. The van der Waals surface area contributed by atoms with Crippen LogP contribution in [0.15, 0.2) is 24.3 Å². The average molecular weight is 249 g/mol. The third-order valence-corrected chi connectivity index (χ3v) is 1.94. The van der Waals surface area contributed by atoms with Gasteiger partial charge in [-0.15, -0.1) is 13.2 Å². The molecule has 6 heteroatoms. The third kappa shape index (κ3) is 4.95. The summed E-state index contributed by atoms with van der Waals surface area (Å²) in [7, 11) is 0. The second kappa shape index (κ2) is 4.83. The zero-order chi connectivity index (χ0) is 13.1. The van der Waals surface area contributed by atoms with Crippen LogP contribution in [-0.2, 0) is 0 Å². The monoisotopic (exact) mass is 249 g/mol. The van der Waals surface area contributed by atoms with Gasteiger partial charge in [0.05, 0.1) is 0 Å². The number of nitrogens with two attached hydrogens (primary N) is 1. The van der Waals surface area contributed by atoms with Gasteiger partial charge >= 0.3 is 6.36 Å². The van der Waals surface area contributed by atoms with Crippen molar-refractivity contribution in [2.45, 2.75) is 25.8 Å². The van der Waals surface area contributed by atoms with Gasteiger partial charge in [-0.1, -0.05) is 0 Å². The van der Waals surface area contributed by atoms with E-state index in [1.54, 1.807) is 13.8 Å². The van der Waals surface area contributed by atoms with E-state index in [4.69, 9.17) is 10.5 Å². The summed E-state index contributed by atoms with van der Waals surface area (Å²) in [5.74, 6) is 0.158. The summed E-state index contributed by atoms with van der Waals surface area (Å²) < 4.78 is 44.9. The number of benzene rings is 1. The van der Waals surface area contributed by atoms with Crippen LogP contribution >= 0.6 is 0 Å². The van der Waals surface area contributed by atoms with Crippen molar-refractivity contribution in [2.24, 2.45) is 5.73 Å². The van der Waals surface area contributed by atoms with Gasteiger partial charge in [-0.2, -0.15) is 0 Å². The number of halogens is 3. The highest BCUT2D eigenvalue weighted by atomic mass is 19.4. The zero-order valence-electron chi connectivity index (χ0n) is 9.54. The molecule has 0 aliphatic heterocycles. The molecule has 17 heavy (non-hydrogen) atoms. The molecule has 0 unspecified atom stereocenters. The topological polar surface area (TPSA) is 44.5 Å². The van der Waals surface area contributed by atoms with Crippen LogP contribution in [0, 0.1) is 0 Å². The number of alkyl halides is 3. The molecular weight excluding hydrogens is 235 g/mol. The summed E-state index contributed by atoms with van der Waals surface area (Å²) >= 11 is 0. The smallest absolute Gasteiger partial charge is 0.487 e. The van der Waals surface area contributed by atoms with E-state index in [1.807, 2.05) is 0 Å². The van der Waals surface area contributed by atoms with Gasteiger partial charge < -0.3 is 15.2 Å². The highest BCUT2D eigenvalue weighted by Crippen LogP contribution is 2.26. The van der Waals surface area contributed by atoms with Crippen molar-refractivity contribution in [3.63, 3.8) is 0 Å². The third-order valence-electron chi connectivity index (χ3n) is 1.94. The van der Waals surface area contributed by atoms with Crippen LogP contribution in [0.3, 0.4) is 0 Å². The molecule has 0 bridgehead atoms. The van der Waals surface area contributed by atoms with E-state index in [-0.39, 0.29) is 5.75 Å². The zero-order valence-corrected chi connectivity index (χ0v) is 9.54. The molecule has 1 aromatic rings. The molecule has 3 nitrogen and oxygen atoms in total. The van der Waals surface area contributed by atoms with Gasteiger partial charge in [0.2, 0.25) is 0 Å². The molecule has 0 aliphatic carbocycles. The van der Waals surface area contributed by atoms with E-state index < -0.39 is 12.0 Å². The number of ether oxygens (including phenoxy) is 2. The van der Waals surface area contributed by atoms with Crippen molar-refractivity contribution in [1.82, 2.24) is 0 Å². The van der Waals surface area contributed by atoms with Gasteiger partial charge in [-0.05, 0) is 38.1 Å². The lowest BCUT2D eigenvalue weighted by Gasteiger charge is -2.24. The lowest BCUT2D eigenvalue weighted by atomic mass is 10.1.